The number of benzene rings is 2. The van der Waals surface area contributed by atoms with Crippen molar-refractivity contribution in [2.75, 3.05) is 26.9 Å². The molecule has 0 bridgehead atoms. The molecule has 2 saturated heterocycles. The second kappa shape index (κ2) is 15.5. The number of likely N-dealkylation sites (N-methyl/N-ethyl adjacent to an activating group) is 1. The van der Waals surface area contributed by atoms with Gasteiger partial charge in [-0.2, -0.15) is 0 Å². The number of fused-ring (bicyclic) bond motifs is 1. The first kappa shape index (κ1) is 39.1. The van der Waals surface area contributed by atoms with E-state index in [2.05, 4.69) is 4.72 Å². The largest absolute Gasteiger partial charge is 0.456 e. The molecule has 2 aromatic rings. The Hall–Kier alpha value is -5.08. The Balaban J connectivity index is 1.38. The highest BCUT2D eigenvalue weighted by Gasteiger charge is 2.61. The van der Waals surface area contributed by atoms with E-state index in [1.807, 2.05) is 0 Å². The van der Waals surface area contributed by atoms with Gasteiger partial charge in [-0.15, -0.1) is 11.8 Å². The van der Waals surface area contributed by atoms with Crippen molar-refractivity contribution >= 4 is 57.0 Å². The number of non-ortho nitro benzene ring substituents is 2. The molecule has 1 N–H and O–H groups in total. The number of carbonyl (C=O) groups excluding carboxylic acids is 4. The van der Waals surface area contributed by atoms with Crippen LogP contribution in [-0.2, 0) is 47.1 Å². The summed E-state index contributed by atoms with van der Waals surface area (Å²) < 4.78 is 37.7. The summed E-state index contributed by atoms with van der Waals surface area (Å²) >= 11 is 1.22. The molecule has 0 radical (unpaired) electrons. The molecule has 20 heteroatoms. The van der Waals surface area contributed by atoms with Gasteiger partial charge < -0.3 is 19.3 Å². The van der Waals surface area contributed by atoms with E-state index in [1.54, 1.807) is 27.9 Å². The summed E-state index contributed by atoms with van der Waals surface area (Å²) in [5.74, 6) is -2.95. The van der Waals surface area contributed by atoms with Crippen molar-refractivity contribution in [1.29, 1.82) is 0 Å². The van der Waals surface area contributed by atoms with Gasteiger partial charge in [-0.05, 0) is 48.7 Å². The third-order valence-electron chi connectivity index (χ3n) is 9.26. The normalized spacial score (nSPS) is 22.9. The Morgan fingerprint density at radius 2 is 1.51 bits per heavy atom. The lowest BCUT2D eigenvalue weighted by atomic mass is 9.78. The molecule has 2 aromatic carbocycles. The minimum atomic E-state index is -3.67. The molecule has 0 aliphatic carbocycles. The molecule has 2 fully saturated rings. The van der Waals surface area contributed by atoms with E-state index in [4.69, 9.17) is 9.47 Å². The molecule has 284 valence electrons. The number of carbonyl (C=O) groups is 4. The summed E-state index contributed by atoms with van der Waals surface area (Å²) in [6.45, 7) is 2.94. The molecular weight excluding hydrogens is 737 g/mol. The van der Waals surface area contributed by atoms with Crippen LogP contribution < -0.4 is 4.72 Å². The van der Waals surface area contributed by atoms with Crippen LogP contribution in [0, 0.1) is 32.1 Å². The summed E-state index contributed by atoms with van der Waals surface area (Å²) in [6.07, 6.45) is 0.364. The number of hydrogen-bond acceptors (Lipinski definition) is 13. The summed E-state index contributed by atoms with van der Waals surface area (Å²) in [5, 5.41) is 21.6. The van der Waals surface area contributed by atoms with Gasteiger partial charge >= 0.3 is 12.1 Å². The van der Waals surface area contributed by atoms with Crippen molar-refractivity contribution in [2.24, 2.45) is 11.8 Å². The van der Waals surface area contributed by atoms with Crippen LogP contribution in [0.25, 0.3) is 0 Å². The predicted molar refractivity (Wildman–Crippen MR) is 189 cm³/mol. The number of esters is 1. The van der Waals surface area contributed by atoms with Crippen LogP contribution in [0.1, 0.15) is 31.4 Å². The van der Waals surface area contributed by atoms with Crippen LogP contribution in [0.4, 0.5) is 16.2 Å². The van der Waals surface area contributed by atoms with E-state index in [0.717, 1.165) is 6.26 Å². The molecule has 53 heavy (non-hydrogen) atoms. The van der Waals surface area contributed by atoms with Crippen molar-refractivity contribution in [2.45, 2.75) is 56.9 Å². The summed E-state index contributed by atoms with van der Waals surface area (Å²) in [4.78, 5) is 79.4. The molecule has 3 aliphatic rings. The molecule has 3 amide bonds. The Labute approximate surface area is 308 Å². The van der Waals surface area contributed by atoms with Gasteiger partial charge in [0.05, 0.1) is 28.1 Å². The van der Waals surface area contributed by atoms with E-state index in [-0.39, 0.29) is 49.2 Å². The molecule has 6 atom stereocenters. The molecular formula is C33H38N6O12S2. The predicted octanol–water partition coefficient (Wildman–Crippen LogP) is 2.77. The number of nitrogens with zero attached hydrogens (tertiary/aromatic N) is 5. The lowest BCUT2D eigenvalue weighted by Gasteiger charge is -2.47. The average Bonchev–Trinajstić information content (AvgIpc) is 3.62. The van der Waals surface area contributed by atoms with E-state index in [9.17, 15) is 47.8 Å². The van der Waals surface area contributed by atoms with E-state index in [0.29, 0.717) is 16.0 Å². The quantitative estimate of drug-likeness (QED) is 0.134. The highest BCUT2D eigenvalue weighted by atomic mass is 32.2. The number of ether oxygens (including phenoxy) is 2. The fraction of sp³-hybridized carbons (Fsp3) is 0.455. The number of β-lactam (4-membered cyclic amide) rings is 1. The first-order chi connectivity index (χ1) is 24.9. The molecule has 0 unspecified atom stereocenters. The summed E-state index contributed by atoms with van der Waals surface area (Å²) in [7, 11) is -0.578. The van der Waals surface area contributed by atoms with Gasteiger partial charge in [0.25, 0.3) is 11.4 Å². The lowest BCUT2D eigenvalue weighted by molar-refractivity contribution is -0.385. The third kappa shape index (κ3) is 8.44. The van der Waals surface area contributed by atoms with Crippen LogP contribution in [0.2, 0.25) is 0 Å². The minimum Gasteiger partial charge on any atom is -0.456 e. The molecule has 5 rings (SSSR count). The van der Waals surface area contributed by atoms with E-state index < -0.39 is 73.1 Å². The molecule has 3 heterocycles. The van der Waals surface area contributed by atoms with Gasteiger partial charge in [-0.3, -0.25) is 34.7 Å². The minimum absolute atomic E-state index is 0.0306. The van der Waals surface area contributed by atoms with Gasteiger partial charge in [-0.1, -0.05) is 6.92 Å². The highest BCUT2D eigenvalue weighted by Crippen LogP contribution is 2.52. The number of thioether (sulfide) groups is 1. The first-order valence-electron chi connectivity index (χ1n) is 16.4. The number of nitro groups is 2. The van der Waals surface area contributed by atoms with Gasteiger partial charge in [0.15, 0.2) is 0 Å². The van der Waals surface area contributed by atoms with Crippen molar-refractivity contribution < 1.29 is 46.9 Å². The Bertz CT molecular complexity index is 1950. The molecule has 18 nitrogen and oxygen atoms in total. The number of likely N-dealkylation sites (tertiary alicyclic amines) is 1. The van der Waals surface area contributed by atoms with Crippen molar-refractivity contribution in [3.63, 3.8) is 0 Å². The van der Waals surface area contributed by atoms with Gasteiger partial charge in [0.1, 0.15) is 25.0 Å². The summed E-state index contributed by atoms with van der Waals surface area (Å²) in [5.41, 5.74) is 0.658. The standard InChI is InChI=1S/C33H38N6O12S2/c1-18-27-26(19(2)34-53(5,48)49)31(41)37(27)28(32(42)50-16-20-6-10-22(11-7-20)38(44)45)29(18)52-24-14-25(30(40)35(3)4)36(15-24)33(43)51-17-21-8-12-23(13-9-21)39(46)47/h6-13,18-19,24-27,34H,14-17H2,1-5H3/t18-,19-,24+,25+,26+,27+/m1/s1. The lowest BCUT2D eigenvalue weighted by Crippen LogP contribution is -2.66. The molecule has 3 aliphatic heterocycles. The van der Waals surface area contributed by atoms with Gasteiger partial charge in [-0.25, -0.2) is 22.7 Å². The zero-order valence-corrected chi connectivity index (χ0v) is 31.0. The maximum atomic E-state index is 13.8. The van der Waals surface area contributed by atoms with E-state index >= 15 is 0 Å². The second-order valence-electron chi connectivity index (χ2n) is 13.3. The van der Waals surface area contributed by atoms with Crippen LogP contribution in [-0.4, -0.2) is 107 Å². The molecule has 0 aromatic heterocycles. The maximum absolute atomic E-state index is 13.8. The van der Waals surface area contributed by atoms with Crippen molar-refractivity contribution in [1.82, 2.24) is 19.4 Å². The van der Waals surface area contributed by atoms with Gasteiger partial charge in [0, 0.05) is 67.0 Å². The van der Waals surface area contributed by atoms with Crippen LogP contribution in [0.15, 0.2) is 59.1 Å². The number of sulfonamides is 1. The second-order valence-corrected chi connectivity index (χ2v) is 16.4. The first-order valence-corrected chi connectivity index (χ1v) is 19.1. The van der Waals surface area contributed by atoms with Crippen LogP contribution in [0.5, 0.6) is 0 Å². The Morgan fingerprint density at radius 3 is 2.00 bits per heavy atom. The number of rotatable bonds is 13. The Morgan fingerprint density at radius 1 is 0.981 bits per heavy atom. The van der Waals surface area contributed by atoms with E-state index in [1.165, 1.54) is 75.0 Å². The zero-order chi connectivity index (χ0) is 38.9. The van der Waals surface area contributed by atoms with Crippen LogP contribution in [0.3, 0.4) is 0 Å². The van der Waals surface area contributed by atoms with Crippen molar-refractivity contribution in [3.8, 4) is 0 Å². The van der Waals surface area contributed by atoms with Crippen molar-refractivity contribution in [3.05, 3.63) is 90.5 Å². The fourth-order valence-corrected chi connectivity index (χ4v) is 9.11. The fourth-order valence-electron chi connectivity index (χ4n) is 6.77. The smallest absolute Gasteiger partial charge is 0.410 e. The van der Waals surface area contributed by atoms with Crippen LogP contribution >= 0.6 is 11.8 Å². The zero-order valence-electron chi connectivity index (χ0n) is 29.4. The maximum Gasteiger partial charge on any atom is 0.410 e. The number of hydrogen-bond donors (Lipinski definition) is 1. The SMILES string of the molecule is C[C@@H](NS(C)(=O)=O)[C@@H]1C(=O)N2C(C(=O)OCc3ccc([N+](=O)[O-])cc3)=C(S[C@H]3C[C@@H](C(=O)N(C)C)N(C(=O)OCc4ccc([N+](=O)[O-])cc4)C3)[C@H](C)[C@@H]12. The number of nitro benzene ring substituents is 2. The number of nitrogens with one attached hydrogen (secondary N) is 1. The van der Waals surface area contributed by atoms with Gasteiger partial charge in [0.2, 0.25) is 21.8 Å². The Kier molecular flexibility index (Phi) is 11.4. The molecule has 0 spiro atoms. The monoisotopic (exact) mass is 774 g/mol. The molecule has 0 saturated carbocycles. The topological polar surface area (TPSA) is 229 Å². The number of amides is 3. The third-order valence-corrected chi connectivity index (χ3v) is 11.6. The summed E-state index contributed by atoms with van der Waals surface area (Å²) in [6, 6.07) is 8.58. The highest BCUT2D eigenvalue weighted by molar-refractivity contribution is 8.03. The average molecular weight is 775 g/mol.